The van der Waals surface area contributed by atoms with Gasteiger partial charge in [-0.15, -0.1) is 0 Å². The van der Waals surface area contributed by atoms with Crippen molar-refractivity contribution in [1.29, 1.82) is 0 Å². The summed E-state index contributed by atoms with van der Waals surface area (Å²) >= 11 is -0.264. The van der Waals surface area contributed by atoms with E-state index in [-0.39, 0.29) is 37.5 Å². The van der Waals surface area contributed by atoms with Gasteiger partial charge >= 0.3 is 131 Å². The van der Waals surface area contributed by atoms with Gasteiger partial charge in [-0.05, 0) is 0 Å². The Balaban J connectivity index is 1.83. The minimum atomic E-state index is -3.52. The maximum absolute atomic E-state index is 12.0. The monoisotopic (exact) mass is 369 g/mol. The van der Waals surface area contributed by atoms with E-state index in [2.05, 4.69) is 4.72 Å². The topological polar surface area (TPSA) is 63.2 Å². The molecule has 0 spiro atoms. The number of sulfonamides is 1. The van der Waals surface area contributed by atoms with Gasteiger partial charge in [0.2, 0.25) is 0 Å². The first-order valence-corrected chi connectivity index (χ1v) is 9.58. The van der Waals surface area contributed by atoms with Crippen LogP contribution in [0.5, 0.6) is 0 Å². The molecule has 2 aromatic rings. The predicted molar refractivity (Wildman–Crippen MR) is 83.1 cm³/mol. The molecule has 0 aliphatic heterocycles. The fraction of sp³-hybridized carbons (Fsp3) is 0.133. The zero-order valence-electron chi connectivity index (χ0n) is 11.2. The Morgan fingerprint density at radius 1 is 0.952 bits per heavy atom. The zero-order chi connectivity index (χ0) is 15.1. The van der Waals surface area contributed by atoms with E-state index in [1.54, 1.807) is 18.2 Å². The average Bonchev–Trinajstić information content (AvgIpc) is 2.49. The van der Waals surface area contributed by atoms with Gasteiger partial charge in [-0.3, -0.25) is 0 Å². The fourth-order valence-corrected chi connectivity index (χ4v) is 4.29. The Bertz CT molecular complexity index is 687. The van der Waals surface area contributed by atoms with E-state index < -0.39 is 10.0 Å². The van der Waals surface area contributed by atoms with E-state index in [4.69, 9.17) is 0 Å². The molecule has 0 unspecified atom stereocenters. The van der Waals surface area contributed by atoms with Crippen LogP contribution in [0.4, 0.5) is 0 Å². The van der Waals surface area contributed by atoms with Crippen molar-refractivity contribution in [2.75, 3.05) is 6.54 Å². The van der Waals surface area contributed by atoms with Gasteiger partial charge in [0.15, 0.2) is 0 Å². The van der Waals surface area contributed by atoms with Crippen molar-refractivity contribution >= 4 is 34.1 Å². The van der Waals surface area contributed by atoms with E-state index >= 15 is 0 Å². The van der Waals surface area contributed by atoms with Gasteiger partial charge < -0.3 is 0 Å². The van der Waals surface area contributed by atoms with Crippen molar-refractivity contribution in [3.63, 3.8) is 0 Å². The first-order valence-electron chi connectivity index (χ1n) is 6.38. The second-order valence-electron chi connectivity index (χ2n) is 4.25. The minimum absolute atomic E-state index is 0.0736. The Labute approximate surface area is 130 Å². The summed E-state index contributed by atoms with van der Waals surface area (Å²) in [5.41, 5.74) is 0. The number of carbonyl (C=O) groups is 1. The van der Waals surface area contributed by atoms with Crippen LogP contribution in [0.2, 0.25) is 0 Å². The van der Waals surface area contributed by atoms with Crippen molar-refractivity contribution in [1.82, 2.24) is 4.72 Å². The third kappa shape index (κ3) is 5.10. The first-order chi connectivity index (χ1) is 10.1. The van der Waals surface area contributed by atoms with E-state index in [0.717, 1.165) is 4.46 Å². The molecule has 0 saturated carbocycles. The van der Waals surface area contributed by atoms with Crippen molar-refractivity contribution in [3.8, 4) is 0 Å². The molecule has 0 fully saturated rings. The van der Waals surface area contributed by atoms with E-state index in [1.807, 2.05) is 30.3 Å². The fourth-order valence-electron chi connectivity index (χ4n) is 1.64. The van der Waals surface area contributed by atoms with Crippen LogP contribution >= 0.6 is 0 Å². The Morgan fingerprint density at radius 2 is 1.52 bits per heavy atom. The molecular weight excluding hydrogens is 353 g/mol. The van der Waals surface area contributed by atoms with Crippen LogP contribution < -0.4 is 9.18 Å². The Morgan fingerprint density at radius 3 is 2.14 bits per heavy atom. The van der Waals surface area contributed by atoms with E-state index in [1.165, 1.54) is 12.1 Å². The van der Waals surface area contributed by atoms with Crippen molar-refractivity contribution < 1.29 is 13.2 Å². The molecule has 110 valence electrons. The van der Waals surface area contributed by atoms with Crippen LogP contribution in [-0.4, -0.2) is 34.6 Å². The molecule has 4 nitrogen and oxygen atoms in total. The molecule has 0 heterocycles. The van der Waals surface area contributed by atoms with Crippen LogP contribution in [0, 0.1) is 0 Å². The number of hydrogen-bond donors (Lipinski definition) is 1. The summed E-state index contributed by atoms with van der Waals surface area (Å²) in [6.07, 6.45) is 0.209. The number of rotatable bonds is 7. The van der Waals surface area contributed by atoms with Gasteiger partial charge in [-0.1, -0.05) is 0 Å². The molecule has 6 heteroatoms. The summed E-state index contributed by atoms with van der Waals surface area (Å²) in [4.78, 5) is 12.0. The number of hydrogen-bond acceptors (Lipinski definition) is 3. The molecule has 0 amide bonds. The molecule has 1 N–H and O–H groups in total. The van der Waals surface area contributed by atoms with Gasteiger partial charge in [-0.25, -0.2) is 0 Å². The van der Waals surface area contributed by atoms with Gasteiger partial charge in [0.05, 0.1) is 0 Å². The summed E-state index contributed by atoms with van der Waals surface area (Å²) in [7, 11) is -3.52. The Kier molecular flexibility index (Phi) is 5.70. The van der Waals surface area contributed by atoms with Crippen molar-refractivity contribution in [2.45, 2.75) is 11.3 Å². The molecule has 2 rings (SSSR count). The molecular formula is C15H15NO3SSe. The summed E-state index contributed by atoms with van der Waals surface area (Å²) in [5.74, 6) is 0. The summed E-state index contributed by atoms with van der Waals surface area (Å²) in [6.45, 7) is 0.130. The summed E-state index contributed by atoms with van der Waals surface area (Å²) < 4.78 is 27.4. The van der Waals surface area contributed by atoms with Crippen LogP contribution in [-0.2, 0) is 14.8 Å². The third-order valence-electron chi connectivity index (χ3n) is 2.65. The third-order valence-corrected chi connectivity index (χ3v) is 6.10. The van der Waals surface area contributed by atoms with Gasteiger partial charge in [-0.2, -0.15) is 0 Å². The quantitative estimate of drug-likeness (QED) is 0.739. The molecule has 2 aromatic carbocycles. The predicted octanol–water partition coefficient (Wildman–Crippen LogP) is 0.911. The van der Waals surface area contributed by atoms with E-state index in [0.29, 0.717) is 0 Å². The number of benzene rings is 2. The summed E-state index contributed by atoms with van der Waals surface area (Å²) in [6, 6.07) is 17.6. The second-order valence-corrected chi connectivity index (χ2v) is 8.39. The molecule has 0 aromatic heterocycles. The molecule has 0 atom stereocenters. The van der Waals surface area contributed by atoms with Crippen molar-refractivity contribution in [3.05, 3.63) is 60.7 Å². The van der Waals surface area contributed by atoms with Crippen LogP contribution in [0.25, 0.3) is 0 Å². The van der Waals surface area contributed by atoms with E-state index in [9.17, 15) is 13.2 Å². The standard InChI is InChI=1S/C15H15NO3SSe/c17-15(21-14-9-5-2-6-10-14)11-12-16-20(18,19)13-7-3-1-4-8-13/h1-10,16H,11-12H2. The van der Waals surface area contributed by atoms with Gasteiger partial charge in [0.25, 0.3) is 0 Å². The molecule has 0 saturated heterocycles. The second kappa shape index (κ2) is 7.52. The molecule has 0 radical (unpaired) electrons. The maximum atomic E-state index is 12.0. The van der Waals surface area contributed by atoms with Crippen LogP contribution in [0.15, 0.2) is 65.6 Å². The van der Waals surface area contributed by atoms with Crippen molar-refractivity contribution in [2.24, 2.45) is 0 Å². The molecule has 0 bridgehead atoms. The summed E-state index contributed by atoms with van der Waals surface area (Å²) in [5, 5.41) is 0. The average molecular weight is 368 g/mol. The van der Waals surface area contributed by atoms with Gasteiger partial charge in [0, 0.05) is 0 Å². The SMILES string of the molecule is O=C(CCNS(=O)(=O)c1ccccc1)[Se]c1ccccc1. The molecule has 0 aliphatic rings. The zero-order valence-corrected chi connectivity index (χ0v) is 13.8. The number of carbonyl (C=O) groups excluding carboxylic acids is 1. The molecule has 21 heavy (non-hydrogen) atoms. The van der Waals surface area contributed by atoms with Crippen LogP contribution in [0.1, 0.15) is 6.42 Å². The molecule has 0 aliphatic carbocycles. The normalized spacial score (nSPS) is 11.2. The van der Waals surface area contributed by atoms with Gasteiger partial charge in [0.1, 0.15) is 0 Å². The van der Waals surface area contributed by atoms with Crippen LogP contribution in [0.3, 0.4) is 0 Å². The number of nitrogens with one attached hydrogen (secondary N) is 1. The Hall–Kier alpha value is -1.46. The first kappa shape index (κ1) is 15.9.